The summed E-state index contributed by atoms with van der Waals surface area (Å²) in [4.78, 5) is 6.46. The molecule has 0 aromatic carbocycles. The number of nitrogens with zero attached hydrogens (tertiary/aromatic N) is 2. The van der Waals surface area contributed by atoms with Gasteiger partial charge in [0.1, 0.15) is 5.82 Å². The maximum atomic E-state index is 11.5. The molecule has 0 saturated carbocycles. The Labute approximate surface area is 110 Å². The fourth-order valence-electron chi connectivity index (χ4n) is 2.15. The summed E-state index contributed by atoms with van der Waals surface area (Å²) in [5.41, 5.74) is 1.06. The van der Waals surface area contributed by atoms with Gasteiger partial charge in [0.15, 0.2) is 9.84 Å². The minimum Gasteiger partial charge on any atom is -0.352 e. The van der Waals surface area contributed by atoms with Crippen LogP contribution in [0, 0.1) is 6.92 Å². The zero-order valence-electron chi connectivity index (χ0n) is 9.85. The monoisotopic (exact) mass is 318 g/mol. The summed E-state index contributed by atoms with van der Waals surface area (Å²) in [6.45, 7) is 4.45. The Morgan fingerprint density at radius 3 is 2.82 bits per heavy atom. The first-order valence-corrected chi connectivity index (χ1v) is 8.10. The SMILES string of the molecule is Cc1cc(Br)cnc1N1CCS(=O)(=O)CC1C. The van der Waals surface area contributed by atoms with Gasteiger partial charge in [0.25, 0.3) is 0 Å². The number of halogens is 1. The van der Waals surface area contributed by atoms with Crippen molar-refractivity contribution < 1.29 is 8.42 Å². The first-order chi connectivity index (χ1) is 7.89. The summed E-state index contributed by atoms with van der Waals surface area (Å²) in [6, 6.07) is 1.99. The third-order valence-electron chi connectivity index (χ3n) is 2.96. The number of pyridine rings is 1. The molecule has 1 aliphatic rings. The normalized spacial score (nSPS) is 23.7. The van der Waals surface area contributed by atoms with Gasteiger partial charge in [-0.25, -0.2) is 13.4 Å². The molecule has 0 aliphatic carbocycles. The lowest BCUT2D eigenvalue weighted by Gasteiger charge is -2.35. The van der Waals surface area contributed by atoms with E-state index in [-0.39, 0.29) is 17.5 Å². The minimum absolute atomic E-state index is 0.0128. The van der Waals surface area contributed by atoms with Gasteiger partial charge in [0.2, 0.25) is 0 Å². The van der Waals surface area contributed by atoms with Crippen LogP contribution in [0.3, 0.4) is 0 Å². The van der Waals surface area contributed by atoms with Crippen molar-refractivity contribution in [1.29, 1.82) is 0 Å². The first kappa shape index (κ1) is 12.8. The molecule has 1 saturated heterocycles. The maximum Gasteiger partial charge on any atom is 0.154 e. The summed E-state index contributed by atoms with van der Waals surface area (Å²) in [5, 5.41) is 0. The highest BCUT2D eigenvalue weighted by Crippen LogP contribution is 2.24. The van der Waals surface area contributed by atoms with Crippen molar-refractivity contribution in [2.75, 3.05) is 23.0 Å². The predicted molar refractivity (Wildman–Crippen MR) is 72.1 cm³/mol. The van der Waals surface area contributed by atoms with Crippen LogP contribution in [0.1, 0.15) is 12.5 Å². The summed E-state index contributed by atoms with van der Waals surface area (Å²) in [5.74, 6) is 1.31. The molecule has 1 unspecified atom stereocenters. The van der Waals surface area contributed by atoms with Crippen molar-refractivity contribution in [1.82, 2.24) is 4.98 Å². The highest BCUT2D eigenvalue weighted by molar-refractivity contribution is 9.10. The molecule has 0 amide bonds. The second-order valence-electron chi connectivity index (χ2n) is 4.45. The van der Waals surface area contributed by atoms with Crippen molar-refractivity contribution in [3.05, 3.63) is 22.3 Å². The number of anilines is 1. The fraction of sp³-hybridized carbons (Fsp3) is 0.545. The Morgan fingerprint density at radius 1 is 1.53 bits per heavy atom. The van der Waals surface area contributed by atoms with E-state index < -0.39 is 9.84 Å². The molecule has 1 fully saturated rings. The highest BCUT2D eigenvalue weighted by atomic mass is 79.9. The second-order valence-corrected chi connectivity index (χ2v) is 7.60. The molecule has 1 aliphatic heterocycles. The van der Waals surface area contributed by atoms with Gasteiger partial charge in [-0.2, -0.15) is 0 Å². The maximum absolute atomic E-state index is 11.5. The molecule has 2 rings (SSSR count). The zero-order chi connectivity index (χ0) is 12.6. The average molecular weight is 319 g/mol. The van der Waals surface area contributed by atoms with Gasteiger partial charge in [-0.15, -0.1) is 0 Å². The number of hydrogen-bond donors (Lipinski definition) is 0. The number of aromatic nitrogens is 1. The van der Waals surface area contributed by atoms with Gasteiger partial charge >= 0.3 is 0 Å². The van der Waals surface area contributed by atoms with Crippen LogP contribution in [0.5, 0.6) is 0 Å². The quantitative estimate of drug-likeness (QED) is 0.792. The van der Waals surface area contributed by atoms with Crippen molar-refractivity contribution in [2.45, 2.75) is 19.9 Å². The molecule has 1 aromatic rings. The van der Waals surface area contributed by atoms with Crippen LogP contribution >= 0.6 is 15.9 Å². The summed E-state index contributed by atoms with van der Waals surface area (Å²) >= 11 is 3.38. The Morgan fingerprint density at radius 2 is 2.24 bits per heavy atom. The summed E-state index contributed by atoms with van der Waals surface area (Å²) in [6.07, 6.45) is 1.75. The molecule has 6 heteroatoms. The van der Waals surface area contributed by atoms with Crippen LogP contribution in [-0.4, -0.2) is 37.5 Å². The fourth-order valence-corrected chi connectivity index (χ4v) is 4.15. The minimum atomic E-state index is -2.87. The second kappa shape index (κ2) is 4.57. The van der Waals surface area contributed by atoms with Gasteiger partial charge in [-0.1, -0.05) is 0 Å². The Kier molecular flexibility index (Phi) is 3.45. The molecule has 17 heavy (non-hydrogen) atoms. The number of sulfone groups is 1. The summed E-state index contributed by atoms with van der Waals surface area (Å²) in [7, 11) is -2.87. The van der Waals surface area contributed by atoms with E-state index in [1.54, 1.807) is 6.20 Å². The first-order valence-electron chi connectivity index (χ1n) is 5.48. The van der Waals surface area contributed by atoms with Crippen molar-refractivity contribution in [2.24, 2.45) is 0 Å². The molecule has 2 heterocycles. The van der Waals surface area contributed by atoms with Gasteiger partial charge in [0.05, 0.1) is 11.5 Å². The molecule has 94 valence electrons. The largest absolute Gasteiger partial charge is 0.352 e. The molecular formula is C11H15BrN2O2S. The topological polar surface area (TPSA) is 50.3 Å². The molecule has 1 aromatic heterocycles. The highest BCUT2D eigenvalue weighted by Gasteiger charge is 2.29. The Hall–Kier alpha value is -0.620. The smallest absolute Gasteiger partial charge is 0.154 e. The molecule has 0 spiro atoms. The number of rotatable bonds is 1. The molecule has 1 atom stereocenters. The molecule has 0 N–H and O–H groups in total. The van der Waals surface area contributed by atoms with E-state index in [2.05, 4.69) is 25.8 Å². The van der Waals surface area contributed by atoms with Gasteiger partial charge in [-0.3, -0.25) is 0 Å². The van der Waals surface area contributed by atoms with Crippen molar-refractivity contribution >= 4 is 31.6 Å². The lowest BCUT2D eigenvalue weighted by molar-refractivity contribution is 0.566. The van der Waals surface area contributed by atoms with E-state index in [4.69, 9.17) is 0 Å². The lowest BCUT2D eigenvalue weighted by atomic mass is 10.2. The Bertz CT molecular complexity index is 530. The van der Waals surface area contributed by atoms with E-state index in [0.717, 1.165) is 15.9 Å². The van der Waals surface area contributed by atoms with Crippen LogP contribution < -0.4 is 4.90 Å². The third kappa shape index (κ3) is 2.80. The number of hydrogen-bond acceptors (Lipinski definition) is 4. The van der Waals surface area contributed by atoms with Crippen LogP contribution in [0.4, 0.5) is 5.82 Å². The number of aryl methyl sites for hydroxylation is 1. The summed E-state index contributed by atoms with van der Waals surface area (Å²) < 4.78 is 24.0. The van der Waals surface area contributed by atoms with E-state index in [0.29, 0.717) is 6.54 Å². The van der Waals surface area contributed by atoms with Gasteiger partial charge in [-0.05, 0) is 41.4 Å². The third-order valence-corrected chi connectivity index (χ3v) is 5.19. The average Bonchev–Trinajstić information content (AvgIpc) is 2.18. The van der Waals surface area contributed by atoms with E-state index in [9.17, 15) is 8.42 Å². The molecular weight excluding hydrogens is 304 g/mol. The van der Waals surface area contributed by atoms with Crippen LogP contribution in [0.25, 0.3) is 0 Å². The van der Waals surface area contributed by atoms with Crippen LogP contribution in [0.2, 0.25) is 0 Å². The molecule has 0 bridgehead atoms. The molecule has 0 radical (unpaired) electrons. The van der Waals surface area contributed by atoms with E-state index >= 15 is 0 Å². The lowest BCUT2D eigenvalue weighted by Crippen LogP contribution is -2.47. The van der Waals surface area contributed by atoms with E-state index in [1.807, 2.05) is 19.9 Å². The van der Waals surface area contributed by atoms with Crippen LogP contribution in [-0.2, 0) is 9.84 Å². The van der Waals surface area contributed by atoms with Crippen molar-refractivity contribution in [3.8, 4) is 0 Å². The van der Waals surface area contributed by atoms with Gasteiger partial charge in [0, 0.05) is 23.3 Å². The van der Waals surface area contributed by atoms with Gasteiger partial charge < -0.3 is 4.90 Å². The van der Waals surface area contributed by atoms with Crippen LogP contribution in [0.15, 0.2) is 16.7 Å². The standard InChI is InChI=1S/C11H15BrN2O2S/c1-8-5-10(12)6-13-11(8)14-3-4-17(15,16)7-9(14)2/h5-6,9H,3-4,7H2,1-2H3. The zero-order valence-corrected chi connectivity index (χ0v) is 12.3. The Balaban J connectivity index is 2.29. The molecule has 4 nitrogen and oxygen atoms in total. The van der Waals surface area contributed by atoms with E-state index in [1.165, 1.54) is 0 Å². The predicted octanol–water partition coefficient (Wildman–Crippen LogP) is 1.78. The van der Waals surface area contributed by atoms with Crippen molar-refractivity contribution in [3.63, 3.8) is 0 Å².